The SMILES string of the molecule is Cc1ccccc1C(=O)NCCC(=O)Nc1cccc(Cl)c1SC(F)F. The van der Waals surface area contributed by atoms with E-state index in [1.165, 1.54) is 12.1 Å². The molecule has 0 aliphatic heterocycles. The highest BCUT2D eigenvalue weighted by Gasteiger charge is 2.15. The van der Waals surface area contributed by atoms with E-state index in [2.05, 4.69) is 10.6 Å². The van der Waals surface area contributed by atoms with Gasteiger partial charge in [0.15, 0.2) is 0 Å². The first kappa shape index (κ1) is 20.2. The molecule has 0 spiro atoms. The summed E-state index contributed by atoms with van der Waals surface area (Å²) in [6.07, 6.45) is 0.00290. The van der Waals surface area contributed by atoms with E-state index in [9.17, 15) is 18.4 Å². The van der Waals surface area contributed by atoms with Gasteiger partial charge in [-0.2, -0.15) is 8.78 Å². The van der Waals surface area contributed by atoms with E-state index >= 15 is 0 Å². The number of hydrogen-bond donors (Lipinski definition) is 2. The molecule has 0 radical (unpaired) electrons. The fourth-order valence-corrected chi connectivity index (χ4v) is 3.15. The van der Waals surface area contributed by atoms with E-state index in [4.69, 9.17) is 11.6 Å². The lowest BCUT2D eigenvalue weighted by molar-refractivity contribution is -0.116. The van der Waals surface area contributed by atoms with E-state index in [1.54, 1.807) is 18.2 Å². The van der Waals surface area contributed by atoms with Gasteiger partial charge in [0, 0.05) is 18.5 Å². The van der Waals surface area contributed by atoms with Crippen LogP contribution in [0.5, 0.6) is 0 Å². The first-order valence-corrected chi connectivity index (χ1v) is 9.01. The maximum absolute atomic E-state index is 12.6. The Bertz CT molecular complexity index is 803. The number of anilines is 1. The van der Waals surface area contributed by atoms with Crippen LogP contribution < -0.4 is 10.6 Å². The normalized spacial score (nSPS) is 10.7. The number of hydrogen-bond acceptors (Lipinski definition) is 3. The number of halogens is 3. The molecule has 0 fully saturated rings. The molecule has 0 unspecified atom stereocenters. The van der Waals surface area contributed by atoms with E-state index < -0.39 is 11.7 Å². The third-order valence-corrected chi connectivity index (χ3v) is 4.76. The van der Waals surface area contributed by atoms with Crippen LogP contribution in [-0.2, 0) is 4.79 Å². The molecule has 2 N–H and O–H groups in total. The second-order valence-corrected chi connectivity index (χ2v) is 6.77. The Morgan fingerprint density at radius 2 is 1.88 bits per heavy atom. The van der Waals surface area contributed by atoms with Crippen molar-refractivity contribution in [1.82, 2.24) is 5.32 Å². The highest BCUT2D eigenvalue weighted by atomic mass is 35.5. The summed E-state index contributed by atoms with van der Waals surface area (Å²) in [5, 5.41) is 5.36. The van der Waals surface area contributed by atoms with Crippen LogP contribution in [0.4, 0.5) is 14.5 Å². The summed E-state index contributed by atoms with van der Waals surface area (Å²) in [6.45, 7) is 1.94. The molecule has 0 aliphatic rings. The monoisotopic (exact) mass is 398 g/mol. The van der Waals surface area contributed by atoms with Crippen molar-refractivity contribution in [2.45, 2.75) is 24.0 Å². The predicted molar refractivity (Wildman–Crippen MR) is 100 cm³/mol. The number of thioether (sulfide) groups is 1. The van der Waals surface area contributed by atoms with Gasteiger partial charge in [0.2, 0.25) is 5.91 Å². The Hall–Kier alpha value is -2.12. The van der Waals surface area contributed by atoms with Crippen LogP contribution in [0.2, 0.25) is 5.02 Å². The van der Waals surface area contributed by atoms with E-state index in [0.717, 1.165) is 5.56 Å². The second-order valence-electron chi connectivity index (χ2n) is 5.36. The summed E-state index contributed by atoms with van der Waals surface area (Å²) in [5.41, 5.74) is 1.60. The highest BCUT2D eigenvalue weighted by molar-refractivity contribution is 7.99. The molecule has 0 aliphatic carbocycles. The number of carbonyl (C=O) groups excluding carboxylic acids is 2. The fourth-order valence-electron chi connectivity index (χ4n) is 2.24. The van der Waals surface area contributed by atoms with Crippen molar-refractivity contribution in [3.8, 4) is 0 Å². The topological polar surface area (TPSA) is 58.2 Å². The summed E-state index contributed by atoms with van der Waals surface area (Å²) < 4.78 is 25.3. The molecule has 138 valence electrons. The lowest BCUT2D eigenvalue weighted by Gasteiger charge is -2.12. The summed E-state index contributed by atoms with van der Waals surface area (Å²) in [5.74, 6) is -3.33. The van der Waals surface area contributed by atoms with Crippen LogP contribution in [-0.4, -0.2) is 24.1 Å². The average Bonchev–Trinajstić information content (AvgIpc) is 2.58. The van der Waals surface area contributed by atoms with Gasteiger partial charge in [0.1, 0.15) is 0 Å². The standard InChI is InChI=1S/C18H17ClF2N2O2S/c1-11-5-2-3-6-12(11)17(25)22-10-9-15(24)23-14-8-4-7-13(19)16(14)26-18(20)21/h2-8,18H,9-10H2,1H3,(H,22,25)(H,23,24). The molecule has 2 rings (SSSR count). The third-order valence-electron chi connectivity index (χ3n) is 3.48. The Kier molecular flexibility index (Phi) is 7.41. The zero-order valence-corrected chi connectivity index (χ0v) is 15.5. The van der Waals surface area contributed by atoms with Crippen LogP contribution in [0.25, 0.3) is 0 Å². The van der Waals surface area contributed by atoms with Gasteiger partial charge >= 0.3 is 0 Å². The maximum Gasteiger partial charge on any atom is 0.289 e. The number of alkyl halides is 2. The lowest BCUT2D eigenvalue weighted by Crippen LogP contribution is -2.28. The minimum atomic E-state index is -2.65. The van der Waals surface area contributed by atoms with Crippen LogP contribution in [0.1, 0.15) is 22.3 Å². The third kappa shape index (κ3) is 5.71. The molecule has 8 heteroatoms. The van der Waals surface area contributed by atoms with Crippen LogP contribution in [0.3, 0.4) is 0 Å². The molecule has 0 saturated carbocycles. The van der Waals surface area contributed by atoms with Gasteiger partial charge < -0.3 is 10.6 Å². The van der Waals surface area contributed by atoms with Crippen molar-refractivity contribution < 1.29 is 18.4 Å². The minimum absolute atomic E-state index is 0.00290. The van der Waals surface area contributed by atoms with Gasteiger partial charge in [0.25, 0.3) is 11.7 Å². The largest absolute Gasteiger partial charge is 0.352 e. The molecule has 0 heterocycles. The van der Waals surface area contributed by atoms with Crippen molar-refractivity contribution in [2.75, 3.05) is 11.9 Å². The molecule has 0 atom stereocenters. The Morgan fingerprint density at radius 3 is 2.58 bits per heavy atom. The van der Waals surface area contributed by atoms with Crippen molar-refractivity contribution in [2.24, 2.45) is 0 Å². The number of carbonyl (C=O) groups is 2. The lowest BCUT2D eigenvalue weighted by atomic mass is 10.1. The van der Waals surface area contributed by atoms with Gasteiger partial charge in [0.05, 0.1) is 15.6 Å². The fraction of sp³-hybridized carbons (Fsp3) is 0.222. The van der Waals surface area contributed by atoms with E-state index in [1.807, 2.05) is 19.1 Å². The van der Waals surface area contributed by atoms with Crippen molar-refractivity contribution in [3.63, 3.8) is 0 Å². The van der Waals surface area contributed by atoms with E-state index in [0.29, 0.717) is 5.56 Å². The van der Waals surface area contributed by atoms with Gasteiger partial charge in [-0.15, -0.1) is 0 Å². The van der Waals surface area contributed by atoms with Gasteiger partial charge in [-0.1, -0.05) is 47.6 Å². The van der Waals surface area contributed by atoms with Crippen LogP contribution >= 0.6 is 23.4 Å². The van der Waals surface area contributed by atoms with E-state index in [-0.39, 0.29) is 46.2 Å². The van der Waals surface area contributed by atoms with Gasteiger partial charge in [-0.05, 0) is 30.7 Å². The Labute approximate surface area is 159 Å². The van der Waals surface area contributed by atoms with Gasteiger partial charge in [-0.3, -0.25) is 9.59 Å². The zero-order chi connectivity index (χ0) is 19.1. The molecule has 4 nitrogen and oxygen atoms in total. The molecule has 0 bridgehead atoms. The summed E-state index contributed by atoms with van der Waals surface area (Å²) >= 11 is 6.19. The molecule has 26 heavy (non-hydrogen) atoms. The maximum atomic E-state index is 12.6. The predicted octanol–water partition coefficient (Wildman–Crippen LogP) is 4.72. The number of aryl methyl sites for hydroxylation is 1. The van der Waals surface area contributed by atoms with Crippen molar-refractivity contribution in [3.05, 3.63) is 58.6 Å². The zero-order valence-electron chi connectivity index (χ0n) is 13.9. The summed E-state index contributed by atoms with van der Waals surface area (Å²) in [4.78, 5) is 24.2. The van der Waals surface area contributed by atoms with Crippen molar-refractivity contribution >= 4 is 40.9 Å². The second kappa shape index (κ2) is 9.54. The number of rotatable bonds is 7. The molecule has 2 aromatic carbocycles. The van der Waals surface area contributed by atoms with Crippen LogP contribution in [0.15, 0.2) is 47.4 Å². The first-order valence-electron chi connectivity index (χ1n) is 7.75. The number of amides is 2. The Morgan fingerprint density at radius 1 is 1.15 bits per heavy atom. The Balaban J connectivity index is 1.91. The highest BCUT2D eigenvalue weighted by Crippen LogP contribution is 2.37. The number of nitrogens with one attached hydrogen (secondary N) is 2. The molecular weight excluding hydrogens is 382 g/mol. The van der Waals surface area contributed by atoms with Crippen LogP contribution in [0, 0.1) is 6.92 Å². The van der Waals surface area contributed by atoms with Gasteiger partial charge in [-0.25, -0.2) is 0 Å². The summed E-state index contributed by atoms with van der Waals surface area (Å²) in [7, 11) is 0. The smallest absolute Gasteiger partial charge is 0.289 e. The molecular formula is C18H17ClF2N2O2S. The quantitative estimate of drug-likeness (QED) is 0.663. The average molecular weight is 399 g/mol. The first-order chi connectivity index (χ1) is 12.4. The molecule has 0 saturated heterocycles. The number of benzene rings is 2. The molecule has 0 aromatic heterocycles. The summed E-state index contributed by atoms with van der Waals surface area (Å²) in [6, 6.07) is 11.7. The minimum Gasteiger partial charge on any atom is -0.352 e. The van der Waals surface area contributed by atoms with Crippen molar-refractivity contribution in [1.29, 1.82) is 0 Å². The molecule has 2 amide bonds. The molecule has 2 aromatic rings.